The summed E-state index contributed by atoms with van der Waals surface area (Å²) in [5, 5.41) is 3.01. The number of likely N-dealkylation sites (N-methyl/N-ethyl adjacent to an activating group) is 1. The number of carbonyl (C=O) groups excluding carboxylic acids is 2. The minimum Gasteiger partial charge on any atom is -0.756 e. The number of hydrogen-bond acceptors (Lipinski definition) is 7. The van der Waals surface area contributed by atoms with Gasteiger partial charge in [0.2, 0.25) is 5.91 Å². The molecule has 0 aromatic carbocycles. The molecule has 10 heteroatoms. The summed E-state index contributed by atoms with van der Waals surface area (Å²) in [7, 11) is 1.16. The number of nitrogens with zero attached hydrogens (tertiary/aromatic N) is 1. The smallest absolute Gasteiger partial charge is 0.306 e. The molecule has 0 aliphatic heterocycles. The molecule has 0 radical (unpaired) electrons. The Morgan fingerprint density at radius 1 is 0.468 bits per heavy atom. The van der Waals surface area contributed by atoms with Gasteiger partial charge in [-0.2, -0.15) is 0 Å². The van der Waals surface area contributed by atoms with Crippen molar-refractivity contribution in [2.75, 3.05) is 40.9 Å². The number of phosphoric acid groups is 1. The van der Waals surface area contributed by atoms with Gasteiger partial charge in [0.15, 0.2) is 0 Å². The Balaban J connectivity index is 5.11. The number of unbranched alkanes of at least 4 members (excludes halogenated alkanes) is 26. The highest BCUT2D eigenvalue weighted by Crippen LogP contribution is 2.38. The summed E-state index contributed by atoms with van der Waals surface area (Å²) in [5.74, 6) is -0.573. The van der Waals surface area contributed by atoms with E-state index in [9.17, 15) is 19.0 Å². The lowest BCUT2D eigenvalue weighted by molar-refractivity contribution is -0.870. The van der Waals surface area contributed by atoms with E-state index in [2.05, 4.69) is 111 Å². The van der Waals surface area contributed by atoms with Crippen LogP contribution in [0.1, 0.15) is 265 Å². The number of ether oxygens (including phenoxy) is 1. The maximum absolute atomic E-state index is 13.5. The first kappa shape index (κ1) is 73.9. The molecule has 0 aromatic heterocycles. The summed E-state index contributed by atoms with van der Waals surface area (Å²) in [4.78, 5) is 39.9. The molecule has 0 bridgehead atoms. The van der Waals surface area contributed by atoms with Gasteiger partial charge in [-0.05, 0) is 109 Å². The Labute approximate surface area is 475 Å². The van der Waals surface area contributed by atoms with Crippen LogP contribution in [0.25, 0.3) is 0 Å². The van der Waals surface area contributed by atoms with Crippen molar-refractivity contribution in [1.82, 2.24) is 5.32 Å². The number of rotatable bonds is 56. The highest BCUT2D eigenvalue weighted by molar-refractivity contribution is 7.45. The van der Waals surface area contributed by atoms with Crippen LogP contribution in [0.3, 0.4) is 0 Å². The first-order valence-electron chi connectivity index (χ1n) is 31.5. The van der Waals surface area contributed by atoms with Gasteiger partial charge in [0.1, 0.15) is 19.3 Å². The molecule has 0 aliphatic rings. The van der Waals surface area contributed by atoms with Gasteiger partial charge in [-0.25, -0.2) is 0 Å². The van der Waals surface area contributed by atoms with Crippen molar-refractivity contribution in [2.24, 2.45) is 0 Å². The van der Waals surface area contributed by atoms with E-state index in [0.29, 0.717) is 30.3 Å². The average molecular weight is 1100 g/mol. The third-order valence-electron chi connectivity index (χ3n) is 13.5. The van der Waals surface area contributed by atoms with E-state index >= 15 is 0 Å². The molecule has 77 heavy (non-hydrogen) atoms. The van der Waals surface area contributed by atoms with Crippen LogP contribution in [-0.4, -0.2) is 69.4 Å². The van der Waals surface area contributed by atoms with Gasteiger partial charge >= 0.3 is 5.97 Å². The van der Waals surface area contributed by atoms with Crippen LogP contribution in [0.2, 0.25) is 0 Å². The molecular formula is C67H119N2O7P. The Bertz CT molecular complexity index is 1640. The fourth-order valence-electron chi connectivity index (χ4n) is 8.64. The van der Waals surface area contributed by atoms with Crippen molar-refractivity contribution >= 4 is 19.7 Å². The lowest BCUT2D eigenvalue weighted by Gasteiger charge is -2.30. The SMILES string of the molecule is CC/C=C\C/C=C\C/C=C\C/C=C\C/C=C\C/C=C\CCCCCCCCCCC(=O)OC(/C=C\CCCCCCCCCCC)C(COP(=O)([O-])OCC[N+](C)(C)C)NC(=O)CCCCC/C=C\CCCCCCCC. The molecule has 3 atom stereocenters. The van der Waals surface area contributed by atoms with Crippen molar-refractivity contribution in [3.8, 4) is 0 Å². The van der Waals surface area contributed by atoms with E-state index < -0.39 is 26.6 Å². The normalized spacial score (nSPS) is 14.3. The lowest BCUT2D eigenvalue weighted by atomic mass is 10.1. The van der Waals surface area contributed by atoms with Crippen LogP contribution in [0.15, 0.2) is 97.2 Å². The molecule has 1 amide bonds. The summed E-state index contributed by atoms with van der Waals surface area (Å²) in [5.41, 5.74) is 0. The maximum atomic E-state index is 13.5. The molecule has 444 valence electrons. The van der Waals surface area contributed by atoms with Crippen LogP contribution < -0.4 is 10.2 Å². The molecule has 0 fully saturated rings. The van der Waals surface area contributed by atoms with Gasteiger partial charge < -0.3 is 28.5 Å². The number of phosphoric ester groups is 1. The first-order valence-corrected chi connectivity index (χ1v) is 33.0. The van der Waals surface area contributed by atoms with Gasteiger partial charge in [-0.1, -0.05) is 240 Å². The van der Waals surface area contributed by atoms with Crippen LogP contribution in [0, 0.1) is 0 Å². The van der Waals surface area contributed by atoms with Gasteiger partial charge in [-0.3, -0.25) is 14.2 Å². The van der Waals surface area contributed by atoms with Gasteiger partial charge in [0.05, 0.1) is 33.8 Å². The van der Waals surface area contributed by atoms with Crippen molar-refractivity contribution in [1.29, 1.82) is 0 Å². The van der Waals surface area contributed by atoms with Crippen molar-refractivity contribution < 1.29 is 37.3 Å². The number of nitrogens with one attached hydrogen (secondary N) is 1. The van der Waals surface area contributed by atoms with Crippen molar-refractivity contribution in [2.45, 2.75) is 277 Å². The molecule has 0 rings (SSSR count). The minimum atomic E-state index is -4.71. The van der Waals surface area contributed by atoms with E-state index in [-0.39, 0.29) is 24.9 Å². The van der Waals surface area contributed by atoms with Crippen LogP contribution in [0.4, 0.5) is 0 Å². The number of esters is 1. The highest BCUT2D eigenvalue weighted by Gasteiger charge is 2.27. The van der Waals surface area contributed by atoms with E-state index in [1.165, 1.54) is 109 Å². The Kier molecular flexibility index (Phi) is 54.0. The second kappa shape index (κ2) is 56.2. The molecule has 0 saturated heterocycles. The molecule has 0 saturated carbocycles. The molecule has 3 unspecified atom stereocenters. The molecule has 0 spiro atoms. The predicted molar refractivity (Wildman–Crippen MR) is 330 cm³/mol. The van der Waals surface area contributed by atoms with Crippen molar-refractivity contribution in [3.05, 3.63) is 97.2 Å². The fourth-order valence-corrected chi connectivity index (χ4v) is 9.36. The maximum Gasteiger partial charge on any atom is 0.306 e. The van der Waals surface area contributed by atoms with E-state index in [4.69, 9.17) is 13.8 Å². The van der Waals surface area contributed by atoms with E-state index in [1.807, 2.05) is 33.3 Å². The van der Waals surface area contributed by atoms with E-state index in [0.717, 1.165) is 109 Å². The summed E-state index contributed by atoms with van der Waals surface area (Å²) in [6.07, 6.45) is 75.2. The summed E-state index contributed by atoms with van der Waals surface area (Å²) >= 11 is 0. The first-order chi connectivity index (χ1) is 37.4. The number of carbonyl (C=O) groups is 2. The molecule has 1 N–H and O–H groups in total. The minimum absolute atomic E-state index is 0.0301. The summed E-state index contributed by atoms with van der Waals surface area (Å²) in [6.45, 7) is 6.69. The number of quaternary nitrogens is 1. The van der Waals surface area contributed by atoms with Crippen LogP contribution in [-0.2, 0) is 27.9 Å². The predicted octanol–water partition coefficient (Wildman–Crippen LogP) is 18.9. The average Bonchev–Trinajstić information content (AvgIpc) is 3.39. The Morgan fingerprint density at radius 3 is 1.27 bits per heavy atom. The second-order valence-electron chi connectivity index (χ2n) is 22.2. The monoisotopic (exact) mass is 1090 g/mol. The molecule has 0 heterocycles. The highest BCUT2D eigenvalue weighted by atomic mass is 31.2. The Hall–Kier alpha value is -3.07. The zero-order valence-electron chi connectivity index (χ0n) is 50.6. The van der Waals surface area contributed by atoms with Crippen LogP contribution >= 0.6 is 7.82 Å². The number of allylic oxidation sites excluding steroid dienone is 15. The summed E-state index contributed by atoms with van der Waals surface area (Å²) in [6, 6.07) is -0.903. The van der Waals surface area contributed by atoms with Gasteiger partial charge in [0.25, 0.3) is 7.82 Å². The zero-order valence-corrected chi connectivity index (χ0v) is 51.5. The molecule has 0 aromatic rings. The number of amides is 1. The summed E-state index contributed by atoms with van der Waals surface area (Å²) < 4.78 is 30.3. The second-order valence-corrected chi connectivity index (χ2v) is 23.6. The third-order valence-corrected chi connectivity index (χ3v) is 14.5. The fraction of sp³-hybridized carbons (Fsp3) is 0.731. The van der Waals surface area contributed by atoms with Crippen molar-refractivity contribution in [3.63, 3.8) is 0 Å². The van der Waals surface area contributed by atoms with Crippen LogP contribution in [0.5, 0.6) is 0 Å². The quantitative estimate of drug-likeness (QED) is 0.0212. The Morgan fingerprint density at radius 2 is 0.831 bits per heavy atom. The molecule has 0 aliphatic carbocycles. The van der Waals surface area contributed by atoms with Gasteiger partial charge in [-0.15, -0.1) is 0 Å². The standard InChI is InChI=1S/C67H119N2O7P/c1-7-10-13-16-19-22-25-27-28-29-30-31-32-33-34-35-36-37-38-39-40-42-45-48-51-54-57-60-67(71)76-65(58-55-52-49-46-43-24-21-18-15-12-9-3)64(63-75-77(72,73)74-62-61-69(4,5)6)68-66(70)59-56-53-50-47-44-41-26-23-20-17-14-11-8-2/h10,13,19,22,27-28,30-31,33-34,36-37,41,44,55,58,64-65H,7-9,11-12,14-18,20-21,23-26,29,32,35,38-40,42-43,45-54,56-57,59-63H2,1-6H3,(H-,68,70,72,73)/b13-10-,22-19-,28-27-,31-30-,34-33-,37-36-,44-41-,58-55-. The third kappa shape index (κ3) is 57.4. The lowest BCUT2D eigenvalue weighted by Crippen LogP contribution is -2.47. The molecule has 9 nitrogen and oxygen atoms in total. The van der Waals surface area contributed by atoms with Gasteiger partial charge in [0, 0.05) is 12.8 Å². The zero-order chi connectivity index (χ0) is 56.4. The largest absolute Gasteiger partial charge is 0.756 e. The molecular weight excluding hydrogens is 976 g/mol. The number of hydrogen-bond donors (Lipinski definition) is 1. The van der Waals surface area contributed by atoms with E-state index in [1.54, 1.807) is 0 Å². The topological polar surface area (TPSA) is 114 Å².